The van der Waals surface area contributed by atoms with E-state index in [1.54, 1.807) is 18.3 Å². The lowest BCUT2D eigenvalue weighted by Gasteiger charge is -2.31. The van der Waals surface area contributed by atoms with E-state index in [4.69, 9.17) is 5.11 Å². The lowest BCUT2D eigenvalue weighted by Crippen LogP contribution is -2.34. The molecule has 0 aromatic carbocycles. The summed E-state index contributed by atoms with van der Waals surface area (Å²) in [5.41, 5.74) is 0.303. The summed E-state index contributed by atoms with van der Waals surface area (Å²) in [6.45, 7) is 4.03. The zero-order valence-corrected chi connectivity index (χ0v) is 9.39. The van der Waals surface area contributed by atoms with Crippen LogP contribution >= 0.6 is 0 Å². The number of hydrogen-bond donors (Lipinski definition) is 1. The fraction of sp³-hybridized carbons (Fsp3) is 0.500. The molecule has 0 spiro atoms. The van der Waals surface area contributed by atoms with Crippen molar-refractivity contribution in [2.45, 2.75) is 19.8 Å². The zero-order valence-electron chi connectivity index (χ0n) is 9.39. The molecule has 1 aliphatic heterocycles. The highest BCUT2D eigenvalue weighted by molar-refractivity contribution is 5.93. The van der Waals surface area contributed by atoms with E-state index in [9.17, 15) is 4.79 Å². The predicted molar refractivity (Wildman–Crippen MR) is 61.8 cm³/mol. The van der Waals surface area contributed by atoms with Crippen molar-refractivity contribution < 1.29 is 9.90 Å². The minimum absolute atomic E-state index is 0.303. The van der Waals surface area contributed by atoms with Gasteiger partial charge in [-0.25, -0.2) is 9.78 Å². The smallest absolute Gasteiger partial charge is 0.339 e. The number of carboxylic acid groups (broad SMARTS) is 1. The number of anilines is 1. The normalized spacial score (nSPS) is 17.4. The molecule has 1 aromatic heterocycles. The van der Waals surface area contributed by atoms with Crippen LogP contribution in [0.25, 0.3) is 0 Å². The second-order valence-corrected chi connectivity index (χ2v) is 4.35. The summed E-state index contributed by atoms with van der Waals surface area (Å²) in [4.78, 5) is 17.3. The Morgan fingerprint density at radius 2 is 2.19 bits per heavy atom. The molecule has 2 heterocycles. The number of aromatic carboxylic acids is 1. The number of piperidine rings is 1. The van der Waals surface area contributed by atoms with Crippen LogP contribution in [0.4, 0.5) is 5.82 Å². The van der Waals surface area contributed by atoms with Crippen LogP contribution in [-0.4, -0.2) is 29.1 Å². The van der Waals surface area contributed by atoms with Gasteiger partial charge in [0.1, 0.15) is 11.4 Å². The van der Waals surface area contributed by atoms with Crippen LogP contribution in [0.2, 0.25) is 0 Å². The summed E-state index contributed by atoms with van der Waals surface area (Å²) in [6, 6.07) is 3.28. The number of aromatic nitrogens is 1. The fourth-order valence-electron chi connectivity index (χ4n) is 2.04. The van der Waals surface area contributed by atoms with Gasteiger partial charge in [-0.2, -0.15) is 0 Å². The number of pyridine rings is 1. The van der Waals surface area contributed by atoms with Crippen LogP contribution in [0.1, 0.15) is 30.1 Å². The summed E-state index contributed by atoms with van der Waals surface area (Å²) in [7, 11) is 0. The molecule has 1 fully saturated rings. The Morgan fingerprint density at radius 1 is 1.50 bits per heavy atom. The molecule has 0 radical (unpaired) electrons. The van der Waals surface area contributed by atoms with E-state index >= 15 is 0 Å². The van der Waals surface area contributed by atoms with Gasteiger partial charge in [0.05, 0.1) is 0 Å². The van der Waals surface area contributed by atoms with Crippen LogP contribution in [0.3, 0.4) is 0 Å². The summed E-state index contributed by atoms with van der Waals surface area (Å²) in [5, 5.41) is 9.08. The van der Waals surface area contributed by atoms with Crippen molar-refractivity contribution in [2.75, 3.05) is 18.0 Å². The molecule has 0 aliphatic carbocycles. The Morgan fingerprint density at radius 3 is 2.81 bits per heavy atom. The second kappa shape index (κ2) is 4.51. The third-order valence-electron chi connectivity index (χ3n) is 3.10. The monoisotopic (exact) mass is 220 g/mol. The number of hydrogen-bond acceptors (Lipinski definition) is 3. The summed E-state index contributed by atoms with van der Waals surface area (Å²) in [6.07, 6.45) is 3.87. The largest absolute Gasteiger partial charge is 0.478 e. The van der Waals surface area contributed by atoms with Gasteiger partial charge in [-0.05, 0) is 30.9 Å². The van der Waals surface area contributed by atoms with Crippen molar-refractivity contribution in [3.63, 3.8) is 0 Å². The highest BCUT2D eigenvalue weighted by atomic mass is 16.4. The molecule has 4 nitrogen and oxygen atoms in total. The first kappa shape index (κ1) is 10.9. The molecule has 1 N–H and O–H groups in total. The van der Waals surface area contributed by atoms with Gasteiger partial charge in [0.25, 0.3) is 0 Å². The van der Waals surface area contributed by atoms with Crippen LogP contribution in [0.15, 0.2) is 18.3 Å². The van der Waals surface area contributed by atoms with E-state index in [-0.39, 0.29) is 0 Å². The quantitative estimate of drug-likeness (QED) is 0.828. The van der Waals surface area contributed by atoms with Gasteiger partial charge in [0, 0.05) is 19.3 Å². The first-order valence-electron chi connectivity index (χ1n) is 5.61. The van der Waals surface area contributed by atoms with E-state index in [1.807, 2.05) is 0 Å². The van der Waals surface area contributed by atoms with Crippen LogP contribution in [0, 0.1) is 5.92 Å². The Hall–Kier alpha value is -1.58. The maximum atomic E-state index is 11.1. The summed E-state index contributed by atoms with van der Waals surface area (Å²) < 4.78 is 0. The molecule has 0 bridgehead atoms. The Balaban J connectivity index is 2.23. The molecule has 0 unspecified atom stereocenters. The molecule has 1 aliphatic rings. The lowest BCUT2D eigenvalue weighted by molar-refractivity contribution is 0.0697. The van der Waals surface area contributed by atoms with Crippen LogP contribution < -0.4 is 4.90 Å². The van der Waals surface area contributed by atoms with Crippen molar-refractivity contribution in [3.05, 3.63) is 23.9 Å². The van der Waals surface area contributed by atoms with E-state index < -0.39 is 5.97 Å². The SMILES string of the molecule is CC1CCN(c2ncccc2C(=O)O)CC1. The fourth-order valence-corrected chi connectivity index (χ4v) is 2.04. The predicted octanol–water partition coefficient (Wildman–Crippen LogP) is 2.02. The Labute approximate surface area is 94.9 Å². The second-order valence-electron chi connectivity index (χ2n) is 4.35. The van der Waals surface area contributed by atoms with Gasteiger partial charge >= 0.3 is 5.97 Å². The van der Waals surface area contributed by atoms with Gasteiger partial charge in [0.2, 0.25) is 0 Å². The van der Waals surface area contributed by atoms with Crippen molar-refractivity contribution in [2.24, 2.45) is 5.92 Å². The van der Waals surface area contributed by atoms with Crippen molar-refractivity contribution in [3.8, 4) is 0 Å². The highest BCUT2D eigenvalue weighted by Crippen LogP contribution is 2.23. The molecule has 0 atom stereocenters. The number of carboxylic acids is 1. The van der Waals surface area contributed by atoms with Crippen LogP contribution in [-0.2, 0) is 0 Å². The molecule has 1 aromatic rings. The zero-order chi connectivity index (χ0) is 11.5. The topological polar surface area (TPSA) is 53.4 Å². The molecule has 0 saturated carbocycles. The van der Waals surface area contributed by atoms with E-state index in [0.717, 1.165) is 31.8 Å². The maximum absolute atomic E-state index is 11.1. The molecule has 1 saturated heterocycles. The van der Waals surface area contributed by atoms with Crippen molar-refractivity contribution >= 4 is 11.8 Å². The molecule has 86 valence electrons. The molecule has 16 heavy (non-hydrogen) atoms. The minimum atomic E-state index is -0.901. The number of nitrogens with zero attached hydrogens (tertiary/aromatic N) is 2. The first-order chi connectivity index (χ1) is 7.68. The van der Waals surface area contributed by atoms with Gasteiger partial charge in [-0.1, -0.05) is 6.92 Å². The maximum Gasteiger partial charge on any atom is 0.339 e. The Bertz CT molecular complexity index is 384. The summed E-state index contributed by atoms with van der Waals surface area (Å²) >= 11 is 0. The average Bonchev–Trinajstić information content (AvgIpc) is 2.30. The van der Waals surface area contributed by atoms with Gasteiger partial charge < -0.3 is 10.0 Å². The van der Waals surface area contributed by atoms with E-state index in [2.05, 4.69) is 16.8 Å². The molecule has 0 amide bonds. The van der Waals surface area contributed by atoms with Crippen molar-refractivity contribution in [1.29, 1.82) is 0 Å². The van der Waals surface area contributed by atoms with Crippen molar-refractivity contribution in [1.82, 2.24) is 4.98 Å². The third-order valence-corrected chi connectivity index (χ3v) is 3.10. The van der Waals surface area contributed by atoms with Gasteiger partial charge in [-0.15, -0.1) is 0 Å². The molecule has 4 heteroatoms. The summed E-state index contributed by atoms with van der Waals surface area (Å²) in [5.74, 6) is 0.442. The van der Waals surface area contributed by atoms with E-state index in [1.165, 1.54) is 0 Å². The number of rotatable bonds is 2. The first-order valence-corrected chi connectivity index (χ1v) is 5.61. The number of carbonyl (C=O) groups is 1. The minimum Gasteiger partial charge on any atom is -0.478 e. The molecular formula is C12H16N2O2. The lowest BCUT2D eigenvalue weighted by atomic mass is 9.99. The average molecular weight is 220 g/mol. The standard InChI is InChI=1S/C12H16N2O2/c1-9-4-7-14(8-5-9)11-10(12(15)16)3-2-6-13-11/h2-3,6,9H,4-5,7-8H2,1H3,(H,15,16). The highest BCUT2D eigenvalue weighted by Gasteiger charge is 2.21. The third kappa shape index (κ3) is 2.15. The van der Waals surface area contributed by atoms with Crippen LogP contribution in [0.5, 0.6) is 0 Å². The van der Waals surface area contributed by atoms with Gasteiger partial charge in [0.15, 0.2) is 0 Å². The Kier molecular flexibility index (Phi) is 3.08. The molecule has 2 rings (SSSR count). The molecular weight excluding hydrogens is 204 g/mol. The van der Waals surface area contributed by atoms with E-state index in [0.29, 0.717) is 11.4 Å². The van der Waals surface area contributed by atoms with Gasteiger partial charge in [-0.3, -0.25) is 0 Å².